The van der Waals surface area contributed by atoms with Crippen LogP contribution in [0.15, 0.2) is 36.4 Å². The molecule has 1 heterocycles. The lowest BCUT2D eigenvalue weighted by Crippen LogP contribution is -2.16. The zero-order chi connectivity index (χ0) is 19.9. The molecule has 0 amide bonds. The molecule has 0 saturated carbocycles. The normalized spacial score (nSPS) is 18.6. The maximum Gasteiger partial charge on any atom is 0.123 e. The summed E-state index contributed by atoms with van der Waals surface area (Å²) in [4.78, 5) is 0. The standard InChI is InChI=1S/C26H42O2/c1-3-4-5-6-7-8-9-10-11-12-13-14-15-16-17-24-18-20-25(21-19-24)27-22-26(2)23-28-26/h5-6,18-21H,3-4,7-17,22-23H2,1-2H3/b6-5+. The molecule has 2 rings (SSSR count). The molecular weight excluding hydrogens is 344 g/mol. The molecule has 1 aromatic carbocycles. The molecule has 1 aliphatic rings. The monoisotopic (exact) mass is 386 g/mol. The fourth-order valence-corrected chi connectivity index (χ4v) is 3.43. The summed E-state index contributed by atoms with van der Waals surface area (Å²) in [6.07, 6.45) is 22.2. The van der Waals surface area contributed by atoms with Crippen LogP contribution < -0.4 is 4.74 Å². The van der Waals surface area contributed by atoms with Gasteiger partial charge in [-0.05, 0) is 56.7 Å². The van der Waals surface area contributed by atoms with Crippen LogP contribution in [0.2, 0.25) is 0 Å². The van der Waals surface area contributed by atoms with Crippen molar-refractivity contribution in [1.29, 1.82) is 0 Å². The highest BCUT2D eigenvalue weighted by Gasteiger charge is 2.40. The largest absolute Gasteiger partial charge is 0.491 e. The van der Waals surface area contributed by atoms with Gasteiger partial charge < -0.3 is 9.47 Å². The van der Waals surface area contributed by atoms with Crippen molar-refractivity contribution in [3.63, 3.8) is 0 Å². The fourth-order valence-electron chi connectivity index (χ4n) is 3.43. The van der Waals surface area contributed by atoms with E-state index in [9.17, 15) is 0 Å². The molecule has 0 radical (unpaired) electrons. The van der Waals surface area contributed by atoms with Gasteiger partial charge in [0.25, 0.3) is 0 Å². The van der Waals surface area contributed by atoms with Gasteiger partial charge in [0.05, 0.1) is 6.61 Å². The fraction of sp³-hybridized carbons (Fsp3) is 0.692. The van der Waals surface area contributed by atoms with Crippen molar-refractivity contribution >= 4 is 0 Å². The first-order chi connectivity index (χ1) is 13.7. The molecule has 1 fully saturated rings. The molecule has 2 heteroatoms. The second-order valence-electron chi connectivity index (χ2n) is 8.65. The number of rotatable bonds is 17. The van der Waals surface area contributed by atoms with Crippen LogP contribution in [-0.4, -0.2) is 18.8 Å². The molecular formula is C26H42O2. The molecule has 0 N–H and O–H groups in total. The molecule has 2 nitrogen and oxygen atoms in total. The Balaban J connectivity index is 1.37. The van der Waals surface area contributed by atoms with Crippen molar-refractivity contribution < 1.29 is 9.47 Å². The second-order valence-corrected chi connectivity index (χ2v) is 8.65. The van der Waals surface area contributed by atoms with E-state index in [1.54, 1.807) is 0 Å². The Morgan fingerprint density at radius 1 is 0.857 bits per heavy atom. The zero-order valence-electron chi connectivity index (χ0n) is 18.4. The van der Waals surface area contributed by atoms with Gasteiger partial charge in [0.2, 0.25) is 0 Å². The topological polar surface area (TPSA) is 21.8 Å². The van der Waals surface area contributed by atoms with Gasteiger partial charge in [-0.15, -0.1) is 0 Å². The van der Waals surface area contributed by atoms with Gasteiger partial charge in [-0.1, -0.05) is 82.6 Å². The summed E-state index contributed by atoms with van der Waals surface area (Å²) >= 11 is 0. The predicted molar refractivity (Wildman–Crippen MR) is 120 cm³/mol. The van der Waals surface area contributed by atoms with E-state index in [0.717, 1.165) is 12.4 Å². The molecule has 1 atom stereocenters. The van der Waals surface area contributed by atoms with E-state index in [1.165, 1.54) is 89.0 Å². The Morgan fingerprint density at radius 3 is 2.04 bits per heavy atom. The summed E-state index contributed by atoms with van der Waals surface area (Å²) in [6, 6.07) is 8.62. The van der Waals surface area contributed by atoms with Gasteiger partial charge in [-0.3, -0.25) is 0 Å². The minimum absolute atomic E-state index is 0.0374. The lowest BCUT2D eigenvalue weighted by molar-refractivity contribution is 0.202. The van der Waals surface area contributed by atoms with E-state index in [1.807, 2.05) is 0 Å². The predicted octanol–water partition coefficient (Wildman–Crippen LogP) is 7.65. The minimum atomic E-state index is -0.0374. The Bertz CT molecular complexity index is 528. The highest BCUT2D eigenvalue weighted by molar-refractivity contribution is 5.27. The number of allylic oxidation sites excluding steroid dienone is 2. The summed E-state index contributed by atoms with van der Waals surface area (Å²) < 4.78 is 11.1. The van der Waals surface area contributed by atoms with Crippen LogP contribution in [0.1, 0.15) is 96.5 Å². The number of ether oxygens (including phenoxy) is 2. The lowest BCUT2D eigenvalue weighted by Gasteiger charge is -2.09. The average molecular weight is 387 g/mol. The summed E-state index contributed by atoms with van der Waals surface area (Å²) in [7, 11) is 0. The molecule has 1 saturated heterocycles. The smallest absolute Gasteiger partial charge is 0.123 e. The highest BCUT2D eigenvalue weighted by atomic mass is 16.6. The van der Waals surface area contributed by atoms with Crippen molar-refractivity contribution in [2.24, 2.45) is 0 Å². The van der Waals surface area contributed by atoms with E-state index in [4.69, 9.17) is 9.47 Å². The van der Waals surface area contributed by atoms with Crippen molar-refractivity contribution in [3.05, 3.63) is 42.0 Å². The quantitative estimate of drug-likeness (QED) is 0.156. The Hall–Kier alpha value is -1.28. The Kier molecular flexibility index (Phi) is 11.4. The maximum atomic E-state index is 5.79. The SMILES string of the molecule is CCC/C=C/CCCCCCCCCCCc1ccc(OCC2(C)CO2)cc1. The van der Waals surface area contributed by atoms with Gasteiger partial charge in [-0.2, -0.15) is 0 Å². The van der Waals surface area contributed by atoms with Crippen LogP contribution in [-0.2, 0) is 11.2 Å². The number of epoxide rings is 1. The molecule has 0 bridgehead atoms. The van der Waals surface area contributed by atoms with Crippen molar-refractivity contribution in [1.82, 2.24) is 0 Å². The van der Waals surface area contributed by atoms with E-state index < -0.39 is 0 Å². The summed E-state index contributed by atoms with van der Waals surface area (Å²) in [5.41, 5.74) is 1.39. The zero-order valence-corrected chi connectivity index (χ0v) is 18.4. The van der Waals surface area contributed by atoms with E-state index in [2.05, 4.69) is 50.3 Å². The van der Waals surface area contributed by atoms with E-state index >= 15 is 0 Å². The third-order valence-corrected chi connectivity index (χ3v) is 5.56. The van der Waals surface area contributed by atoms with Gasteiger partial charge in [-0.25, -0.2) is 0 Å². The first-order valence-electron chi connectivity index (χ1n) is 11.7. The maximum absolute atomic E-state index is 5.79. The van der Waals surface area contributed by atoms with Crippen molar-refractivity contribution in [3.8, 4) is 5.75 Å². The highest BCUT2D eigenvalue weighted by Crippen LogP contribution is 2.27. The molecule has 0 spiro atoms. The van der Waals surface area contributed by atoms with Crippen molar-refractivity contribution in [2.45, 2.75) is 103 Å². The molecule has 0 aromatic heterocycles. The number of unbranched alkanes of at least 4 members (excludes halogenated alkanes) is 10. The molecule has 28 heavy (non-hydrogen) atoms. The van der Waals surface area contributed by atoms with Gasteiger partial charge in [0, 0.05) is 0 Å². The van der Waals surface area contributed by atoms with Crippen LogP contribution >= 0.6 is 0 Å². The van der Waals surface area contributed by atoms with E-state index in [-0.39, 0.29) is 5.60 Å². The molecule has 1 unspecified atom stereocenters. The summed E-state index contributed by atoms with van der Waals surface area (Å²) in [5.74, 6) is 0.956. The lowest BCUT2D eigenvalue weighted by atomic mass is 10.0. The van der Waals surface area contributed by atoms with Gasteiger partial charge in [0.15, 0.2) is 0 Å². The Labute approximate surface area is 173 Å². The van der Waals surface area contributed by atoms with E-state index in [0.29, 0.717) is 6.61 Å². The molecule has 1 aliphatic heterocycles. The number of benzene rings is 1. The van der Waals surface area contributed by atoms with Gasteiger partial charge >= 0.3 is 0 Å². The second kappa shape index (κ2) is 13.8. The summed E-state index contributed by atoms with van der Waals surface area (Å²) in [6.45, 7) is 5.81. The summed E-state index contributed by atoms with van der Waals surface area (Å²) in [5, 5.41) is 0. The van der Waals surface area contributed by atoms with Gasteiger partial charge in [0.1, 0.15) is 18.0 Å². The first-order valence-corrected chi connectivity index (χ1v) is 11.7. The van der Waals surface area contributed by atoms with Crippen LogP contribution in [0.4, 0.5) is 0 Å². The van der Waals surface area contributed by atoms with Crippen molar-refractivity contribution in [2.75, 3.05) is 13.2 Å². The number of aryl methyl sites for hydroxylation is 1. The molecule has 0 aliphatic carbocycles. The molecule has 158 valence electrons. The minimum Gasteiger partial charge on any atom is -0.491 e. The van der Waals surface area contributed by atoms with Crippen LogP contribution in [0, 0.1) is 0 Å². The van der Waals surface area contributed by atoms with Crippen LogP contribution in [0.5, 0.6) is 5.75 Å². The third kappa shape index (κ3) is 10.9. The van der Waals surface area contributed by atoms with Crippen LogP contribution in [0.3, 0.4) is 0 Å². The number of hydrogen-bond donors (Lipinski definition) is 0. The first kappa shape index (κ1) is 23.0. The third-order valence-electron chi connectivity index (χ3n) is 5.56. The van der Waals surface area contributed by atoms with Crippen LogP contribution in [0.25, 0.3) is 0 Å². The Morgan fingerprint density at radius 2 is 1.43 bits per heavy atom. The average Bonchev–Trinajstić information content (AvgIpc) is 3.45. The molecule has 1 aromatic rings. The number of hydrogen-bond acceptors (Lipinski definition) is 2.